The summed E-state index contributed by atoms with van der Waals surface area (Å²) in [5.74, 6) is 0.773. The van der Waals surface area contributed by atoms with Gasteiger partial charge in [-0.2, -0.15) is 0 Å². The molecule has 1 aromatic carbocycles. The number of hydrogen-bond donors (Lipinski definition) is 1. The van der Waals surface area contributed by atoms with Crippen molar-refractivity contribution < 1.29 is 5.11 Å². The van der Waals surface area contributed by atoms with Crippen LogP contribution in [-0.2, 0) is 6.42 Å². The van der Waals surface area contributed by atoms with Gasteiger partial charge in [0.15, 0.2) is 0 Å². The number of hydrogen-bond acceptors (Lipinski definition) is 3. The molecule has 4 aromatic rings. The average Bonchev–Trinajstić information content (AvgIpc) is 3.23. The summed E-state index contributed by atoms with van der Waals surface area (Å²) in [6, 6.07) is 21.1. The van der Waals surface area contributed by atoms with E-state index >= 15 is 0 Å². The van der Waals surface area contributed by atoms with Gasteiger partial charge in [0.05, 0.1) is 17.5 Å². The molecule has 5 rings (SSSR count). The van der Waals surface area contributed by atoms with Crippen LogP contribution in [0.4, 0.5) is 0 Å². The number of likely N-dealkylation sites (tertiary alicyclic amines) is 1. The number of benzene rings is 1. The Morgan fingerprint density at radius 2 is 1.81 bits per heavy atom. The minimum absolute atomic E-state index is 0.264. The molecule has 4 nitrogen and oxygen atoms in total. The zero-order valence-electron chi connectivity index (χ0n) is 17.8. The standard InChI is InChI=1S/C27H29N3O/c31-26(12-11-22-18-24-9-4-10-27-28-20-25(19-22)30(24)27)23-13-16-29(17-14-23)15-5-8-21-6-2-1-3-7-21/h1-4,6-7,9-12,18-20,23,31H,5,8,13-17H2. The molecule has 0 atom stereocenters. The minimum atomic E-state index is 0.264. The van der Waals surface area contributed by atoms with Gasteiger partial charge < -0.3 is 10.0 Å². The van der Waals surface area contributed by atoms with Crippen molar-refractivity contribution in [2.75, 3.05) is 19.6 Å². The smallest absolute Gasteiger partial charge is 0.137 e. The third kappa shape index (κ3) is 4.49. The third-order valence-electron chi connectivity index (χ3n) is 6.45. The van der Waals surface area contributed by atoms with Crippen LogP contribution in [0.15, 0.2) is 78.7 Å². The second kappa shape index (κ2) is 8.94. The SMILES string of the molecule is OC(=CC=c1cc2cccc3ncc(c1)n23)C1CCN(CCCc2ccccc2)CC1. The number of allylic oxidation sites excluding steroid dienone is 2. The summed E-state index contributed by atoms with van der Waals surface area (Å²) in [6.07, 6.45) is 10.2. The van der Waals surface area contributed by atoms with E-state index in [4.69, 9.17) is 0 Å². The summed E-state index contributed by atoms with van der Waals surface area (Å²) in [7, 11) is 0. The quantitative estimate of drug-likeness (QED) is 0.465. The van der Waals surface area contributed by atoms with Crippen LogP contribution in [0.1, 0.15) is 24.8 Å². The molecule has 3 aromatic heterocycles. The number of piperidine rings is 1. The molecule has 1 saturated heterocycles. The van der Waals surface area contributed by atoms with Crippen LogP contribution in [-0.4, -0.2) is 39.0 Å². The number of nitrogens with zero attached hydrogens (tertiary/aromatic N) is 3. The Kier molecular flexibility index (Phi) is 5.72. The van der Waals surface area contributed by atoms with E-state index in [-0.39, 0.29) is 5.92 Å². The Labute approximate surface area is 183 Å². The largest absolute Gasteiger partial charge is 0.512 e. The molecule has 4 heteroatoms. The molecular formula is C27H29N3O. The maximum absolute atomic E-state index is 10.7. The Morgan fingerprint density at radius 3 is 2.65 bits per heavy atom. The molecule has 1 N–H and O–H groups in total. The first kappa shape index (κ1) is 19.8. The van der Waals surface area contributed by atoms with E-state index in [2.05, 4.69) is 62.8 Å². The van der Waals surface area contributed by atoms with Crippen molar-refractivity contribution in [3.05, 3.63) is 89.5 Å². The van der Waals surface area contributed by atoms with Gasteiger partial charge in [-0.3, -0.25) is 4.40 Å². The number of pyridine rings is 2. The molecule has 31 heavy (non-hydrogen) atoms. The minimum Gasteiger partial charge on any atom is -0.512 e. The molecule has 0 aliphatic carbocycles. The maximum Gasteiger partial charge on any atom is 0.137 e. The average molecular weight is 412 g/mol. The van der Waals surface area contributed by atoms with E-state index in [1.807, 2.05) is 30.5 Å². The number of aromatic nitrogens is 2. The van der Waals surface area contributed by atoms with Gasteiger partial charge in [0.25, 0.3) is 0 Å². The fourth-order valence-electron chi connectivity index (χ4n) is 4.70. The summed E-state index contributed by atoms with van der Waals surface area (Å²) in [5.41, 5.74) is 4.58. The van der Waals surface area contributed by atoms with E-state index < -0.39 is 0 Å². The molecular weight excluding hydrogens is 382 g/mol. The highest BCUT2D eigenvalue weighted by atomic mass is 16.3. The number of rotatable bonds is 6. The molecule has 1 aliphatic rings. The van der Waals surface area contributed by atoms with E-state index in [1.54, 1.807) is 0 Å². The van der Waals surface area contributed by atoms with Crippen molar-refractivity contribution in [1.82, 2.24) is 14.3 Å². The van der Waals surface area contributed by atoms with Crippen molar-refractivity contribution in [3.63, 3.8) is 0 Å². The van der Waals surface area contributed by atoms with Crippen molar-refractivity contribution >= 4 is 22.8 Å². The lowest BCUT2D eigenvalue weighted by atomic mass is 9.94. The van der Waals surface area contributed by atoms with E-state index in [0.29, 0.717) is 5.76 Å². The lowest BCUT2D eigenvalue weighted by molar-refractivity contribution is 0.171. The molecule has 0 spiro atoms. The van der Waals surface area contributed by atoms with Crippen LogP contribution in [0.2, 0.25) is 0 Å². The van der Waals surface area contributed by atoms with Crippen LogP contribution in [0, 0.1) is 5.92 Å². The molecule has 0 radical (unpaired) electrons. The number of imidazole rings is 1. The summed E-state index contributed by atoms with van der Waals surface area (Å²) in [5, 5.41) is 11.8. The first-order valence-electron chi connectivity index (χ1n) is 11.3. The number of aliphatic hydroxyl groups excluding tert-OH is 1. The van der Waals surface area contributed by atoms with Gasteiger partial charge >= 0.3 is 0 Å². The first-order chi connectivity index (χ1) is 15.3. The Morgan fingerprint density at radius 1 is 1.00 bits per heavy atom. The van der Waals surface area contributed by atoms with Crippen LogP contribution >= 0.6 is 0 Å². The molecule has 1 aliphatic heterocycles. The summed E-state index contributed by atoms with van der Waals surface area (Å²) < 4.78 is 2.15. The van der Waals surface area contributed by atoms with Gasteiger partial charge in [-0.25, -0.2) is 4.98 Å². The van der Waals surface area contributed by atoms with E-state index in [0.717, 1.165) is 60.8 Å². The summed E-state index contributed by atoms with van der Waals surface area (Å²) in [4.78, 5) is 6.99. The normalized spacial score (nSPS) is 17.2. The molecule has 0 bridgehead atoms. The second-order valence-electron chi connectivity index (χ2n) is 8.58. The maximum atomic E-state index is 10.7. The zero-order valence-corrected chi connectivity index (χ0v) is 17.8. The molecule has 158 valence electrons. The Hall–Kier alpha value is -3.11. The molecule has 1 fully saturated rings. The molecule has 0 saturated carbocycles. The van der Waals surface area contributed by atoms with Crippen molar-refractivity contribution in [2.45, 2.75) is 25.7 Å². The highest BCUT2D eigenvalue weighted by molar-refractivity contribution is 5.68. The predicted molar refractivity (Wildman–Crippen MR) is 127 cm³/mol. The summed E-state index contributed by atoms with van der Waals surface area (Å²) in [6.45, 7) is 3.26. The predicted octanol–water partition coefficient (Wildman–Crippen LogP) is 4.77. The van der Waals surface area contributed by atoms with Crippen LogP contribution < -0.4 is 5.22 Å². The Bertz CT molecular complexity index is 1230. The fraction of sp³-hybridized carbons (Fsp3) is 0.296. The van der Waals surface area contributed by atoms with Crippen molar-refractivity contribution in [3.8, 4) is 0 Å². The second-order valence-corrected chi connectivity index (χ2v) is 8.58. The topological polar surface area (TPSA) is 40.8 Å². The molecule has 0 unspecified atom stereocenters. The lowest BCUT2D eigenvalue weighted by Gasteiger charge is -2.31. The van der Waals surface area contributed by atoms with E-state index in [1.165, 1.54) is 12.0 Å². The van der Waals surface area contributed by atoms with Gasteiger partial charge in [0.1, 0.15) is 5.65 Å². The van der Waals surface area contributed by atoms with Gasteiger partial charge in [0.2, 0.25) is 0 Å². The highest BCUT2D eigenvalue weighted by Gasteiger charge is 2.21. The van der Waals surface area contributed by atoms with Gasteiger partial charge in [0, 0.05) is 11.4 Å². The number of aliphatic hydroxyl groups is 1. The van der Waals surface area contributed by atoms with Crippen LogP contribution in [0.3, 0.4) is 0 Å². The number of aryl methyl sites for hydroxylation is 1. The van der Waals surface area contributed by atoms with Crippen molar-refractivity contribution in [1.29, 1.82) is 0 Å². The van der Waals surface area contributed by atoms with Crippen LogP contribution in [0.5, 0.6) is 0 Å². The Balaban J connectivity index is 1.18. The lowest BCUT2D eigenvalue weighted by Crippen LogP contribution is -2.35. The highest BCUT2D eigenvalue weighted by Crippen LogP contribution is 2.23. The monoisotopic (exact) mass is 411 g/mol. The van der Waals surface area contributed by atoms with Gasteiger partial charge in [-0.1, -0.05) is 42.5 Å². The van der Waals surface area contributed by atoms with Crippen molar-refractivity contribution in [2.24, 2.45) is 5.92 Å². The van der Waals surface area contributed by atoms with Crippen LogP contribution in [0.25, 0.3) is 22.8 Å². The fourth-order valence-corrected chi connectivity index (χ4v) is 4.70. The van der Waals surface area contributed by atoms with Gasteiger partial charge in [-0.05, 0) is 86.4 Å². The molecule has 0 amide bonds. The van der Waals surface area contributed by atoms with E-state index in [9.17, 15) is 5.11 Å². The van der Waals surface area contributed by atoms with Gasteiger partial charge in [-0.15, -0.1) is 0 Å². The summed E-state index contributed by atoms with van der Waals surface area (Å²) >= 11 is 0. The molecule has 4 heterocycles. The zero-order chi connectivity index (χ0) is 21.0. The third-order valence-corrected chi connectivity index (χ3v) is 6.45. The first-order valence-corrected chi connectivity index (χ1v) is 11.3.